The number of rotatable bonds is 3. The lowest BCUT2D eigenvalue weighted by Crippen LogP contribution is -2.37. The second-order valence-electron chi connectivity index (χ2n) is 4.52. The van der Waals surface area contributed by atoms with Crippen molar-refractivity contribution in [3.8, 4) is 0 Å². The number of amides is 1. The summed E-state index contributed by atoms with van der Waals surface area (Å²) in [7, 11) is 0. The van der Waals surface area contributed by atoms with Crippen LogP contribution in [0.15, 0.2) is 30.3 Å². The minimum Gasteiger partial charge on any atom is -0.345 e. The number of halogens is 1. The molecule has 3 rings (SSSR count). The van der Waals surface area contributed by atoms with E-state index in [1.54, 1.807) is 11.3 Å². The van der Waals surface area contributed by atoms with Crippen LogP contribution < -0.4 is 5.32 Å². The summed E-state index contributed by atoms with van der Waals surface area (Å²) in [5.74, 6) is 0.0585. The molecule has 1 N–H and O–H groups in total. The highest BCUT2D eigenvalue weighted by Gasteiger charge is 2.43. The molecule has 0 aliphatic heterocycles. The summed E-state index contributed by atoms with van der Waals surface area (Å²) >= 11 is 5.01. The van der Waals surface area contributed by atoms with E-state index in [4.69, 9.17) is 0 Å². The third-order valence-corrected chi connectivity index (χ3v) is 5.33. The van der Waals surface area contributed by atoms with Gasteiger partial charge in [-0.2, -0.15) is 0 Å². The van der Waals surface area contributed by atoms with Crippen LogP contribution in [-0.4, -0.2) is 16.8 Å². The molecule has 17 heavy (non-hydrogen) atoms. The van der Waals surface area contributed by atoms with Gasteiger partial charge in [-0.05, 0) is 30.4 Å². The highest BCUT2D eigenvalue weighted by atomic mass is 79.9. The Bertz CT molecular complexity index is 541. The number of carbonyl (C=O) groups excluding carboxylic acids is 1. The van der Waals surface area contributed by atoms with Crippen molar-refractivity contribution in [3.05, 3.63) is 35.2 Å². The molecule has 1 amide bonds. The topological polar surface area (TPSA) is 29.1 Å². The van der Waals surface area contributed by atoms with Gasteiger partial charge >= 0.3 is 0 Å². The minimum absolute atomic E-state index is 0.0211. The molecule has 4 heteroatoms. The van der Waals surface area contributed by atoms with E-state index in [-0.39, 0.29) is 11.4 Å². The van der Waals surface area contributed by atoms with Gasteiger partial charge in [0.05, 0.1) is 10.4 Å². The molecule has 1 saturated carbocycles. The quantitative estimate of drug-likeness (QED) is 0.863. The van der Waals surface area contributed by atoms with E-state index in [2.05, 4.69) is 21.2 Å². The normalized spacial score (nSPS) is 17.0. The van der Waals surface area contributed by atoms with Crippen molar-refractivity contribution in [2.45, 2.75) is 18.4 Å². The van der Waals surface area contributed by atoms with Crippen LogP contribution in [0.2, 0.25) is 0 Å². The van der Waals surface area contributed by atoms with Gasteiger partial charge in [-0.25, -0.2) is 0 Å². The molecule has 0 unspecified atom stereocenters. The molecule has 1 aromatic carbocycles. The van der Waals surface area contributed by atoms with Crippen LogP contribution in [0.25, 0.3) is 10.1 Å². The second kappa shape index (κ2) is 4.10. The van der Waals surface area contributed by atoms with E-state index in [0.717, 1.165) is 28.4 Å². The Morgan fingerprint density at radius 3 is 2.82 bits per heavy atom. The summed E-state index contributed by atoms with van der Waals surface area (Å²) in [6.45, 7) is 0. The maximum Gasteiger partial charge on any atom is 0.261 e. The number of benzene rings is 1. The lowest BCUT2D eigenvalue weighted by atomic mass is 10.2. The summed E-state index contributed by atoms with van der Waals surface area (Å²) in [6.07, 6.45) is 2.16. The van der Waals surface area contributed by atoms with Crippen molar-refractivity contribution in [2.24, 2.45) is 0 Å². The molecule has 0 atom stereocenters. The maximum absolute atomic E-state index is 12.1. The van der Waals surface area contributed by atoms with E-state index >= 15 is 0 Å². The number of hydrogen-bond acceptors (Lipinski definition) is 2. The molecule has 1 aliphatic carbocycles. The van der Waals surface area contributed by atoms with Gasteiger partial charge in [0.1, 0.15) is 0 Å². The Morgan fingerprint density at radius 2 is 2.18 bits per heavy atom. The van der Waals surface area contributed by atoms with Crippen molar-refractivity contribution < 1.29 is 4.79 Å². The maximum atomic E-state index is 12.1. The van der Waals surface area contributed by atoms with E-state index in [1.165, 1.54) is 4.70 Å². The summed E-state index contributed by atoms with van der Waals surface area (Å²) < 4.78 is 1.17. The number of nitrogens with one attached hydrogen (secondary N) is 1. The van der Waals surface area contributed by atoms with Gasteiger partial charge < -0.3 is 5.32 Å². The standard InChI is InChI=1S/C13H12BrNOS/c14-8-13(5-6-13)15-12(16)11-7-9-3-1-2-4-10(9)17-11/h1-4,7H,5-6,8H2,(H,15,16). The minimum atomic E-state index is 0.0211. The monoisotopic (exact) mass is 309 g/mol. The zero-order valence-corrected chi connectivity index (χ0v) is 11.6. The SMILES string of the molecule is O=C(NC1(CBr)CC1)c1cc2ccccc2s1. The van der Waals surface area contributed by atoms with Crippen LogP contribution in [0.4, 0.5) is 0 Å². The number of fused-ring (bicyclic) bond motifs is 1. The van der Waals surface area contributed by atoms with Crippen LogP contribution in [0.5, 0.6) is 0 Å². The molecule has 0 saturated heterocycles. The van der Waals surface area contributed by atoms with E-state index in [0.29, 0.717) is 0 Å². The molecule has 2 nitrogen and oxygen atoms in total. The number of carbonyl (C=O) groups is 1. The third-order valence-electron chi connectivity index (χ3n) is 3.14. The lowest BCUT2D eigenvalue weighted by molar-refractivity contribution is 0.0940. The molecular weight excluding hydrogens is 298 g/mol. The molecule has 0 spiro atoms. The van der Waals surface area contributed by atoms with Gasteiger partial charge in [0, 0.05) is 10.0 Å². The van der Waals surface area contributed by atoms with E-state index < -0.39 is 0 Å². The van der Waals surface area contributed by atoms with Gasteiger partial charge in [0.2, 0.25) is 0 Å². The van der Waals surface area contributed by atoms with Crippen LogP contribution in [0.1, 0.15) is 22.5 Å². The first-order chi connectivity index (χ1) is 8.22. The Balaban J connectivity index is 1.86. The molecule has 1 heterocycles. The molecular formula is C13H12BrNOS. The van der Waals surface area contributed by atoms with Gasteiger partial charge in [0.15, 0.2) is 0 Å². The molecule has 0 bridgehead atoms. The molecule has 2 aromatic rings. The molecule has 88 valence electrons. The van der Waals surface area contributed by atoms with E-state index in [1.807, 2.05) is 30.3 Å². The number of hydrogen-bond donors (Lipinski definition) is 1. The molecule has 1 aliphatic rings. The van der Waals surface area contributed by atoms with Crippen LogP contribution in [0.3, 0.4) is 0 Å². The number of alkyl halides is 1. The highest BCUT2D eigenvalue weighted by molar-refractivity contribution is 9.09. The van der Waals surface area contributed by atoms with Crippen molar-refractivity contribution >= 4 is 43.3 Å². The van der Waals surface area contributed by atoms with Crippen molar-refractivity contribution in [1.82, 2.24) is 5.32 Å². The Labute approximate surface area is 112 Å². The molecule has 0 radical (unpaired) electrons. The summed E-state index contributed by atoms with van der Waals surface area (Å²) in [4.78, 5) is 12.9. The van der Waals surface area contributed by atoms with Gasteiger partial charge in [-0.1, -0.05) is 34.1 Å². The van der Waals surface area contributed by atoms with Crippen LogP contribution in [0, 0.1) is 0 Å². The van der Waals surface area contributed by atoms with Gasteiger partial charge in [0.25, 0.3) is 5.91 Å². The summed E-state index contributed by atoms with van der Waals surface area (Å²) in [5, 5.41) is 5.11. The van der Waals surface area contributed by atoms with Crippen molar-refractivity contribution in [3.63, 3.8) is 0 Å². The predicted octanol–water partition coefficient (Wildman–Crippen LogP) is 3.56. The highest BCUT2D eigenvalue weighted by Crippen LogP contribution is 2.37. The first-order valence-electron chi connectivity index (χ1n) is 5.59. The fourth-order valence-corrected chi connectivity index (χ4v) is 3.50. The fourth-order valence-electron chi connectivity index (χ4n) is 1.84. The fraction of sp³-hybridized carbons (Fsp3) is 0.308. The third kappa shape index (κ3) is 2.11. The average molecular weight is 310 g/mol. The smallest absolute Gasteiger partial charge is 0.261 e. The predicted molar refractivity (Wildman–Crippen MR) is 75.1 cm³/mol. The Morgan fingerprint density at radius 1 is 1.41 bits per heavy atom. The average Bonchev–Trinajstić information content (AvgIpc) is 2.98. The zero-order valence-electron chi connectivity index (χ0n) is 9.20. The van der Waals surface area contributed by atoms with Gasteiger partial charge in [-0.3, -0.25) is 4.79 Å². The summed E-state index contributed by atoms with van der Waals surface area (Å²) in [6, 6.07) is 10.1. The Kier molecular flexibility index (Phi) is 2.71. The van der Waals surface area contributed by atoms with Crippen molar-refractivity contribution in [1.29, 1.82) is 0 Å². The largest absolute Gasteiger partial charge is 0.345 e. The van der Waals surface area contributed by atoms with Crippen LogP contribution >= 0.6 is 27.3 Å². The Hall–Kier alpha value is -0.870. The van der Waals surface area contributed by atoms with E-state index in [9.17, 15) is 4.79 Å². The first-order valence-corrected chi connectivity index (χ1v) is 7.53. The summed E-state index contributed by atoms with van der Waals surface area (Å²) in [5.41, 5.74) is 0.0211. The number of thiophene rings is 1. The zero-order chi connectivity index (χ0) is 11.9. The molecule has 1 fully saturated rings. The first kappa shape index (κ1) is 11.2. The van der Waals surface area contributed by atoms with Gasteiger partial charge in [-0.15, -0.1) is 11.3 Å². The molecule has 1 aromatic heterocycles. The lowest BCUT2D eigenvalue weighted by Gasteiger charge is -2.12. The van der Waals surface area contributed by atoms with Crippen molar-refractivity contribution in [2.75, 3.05) is 5.33 Å². The second-order valence-corrected chi connectivity index (χ2v) is 6.16. The van der Waals surface area contributed by atoms with Crippen LogP contribution in [-0.2, 0) is 0 Å².